The SMILES string of the molecule is CCC(C)C(NC(=O)C(C)NC(=O)C(CC(C)C)NC(=O)C(N)CC(=O)O)C(=O)O. The van der Waals surface area contributed by atoms with Crippen LogP contribution < -0.4 is 21.7 Å². The topological polar surface area (TPSA) is 188 Å². The number of nitrogens with two attached hydrogens (primary N) is 1. The molecule has 0 spiro atoms. The Morgan fingerprint density at radius 2 is 1.43 bits per heavy atom. The minimum Gasteiger partial charge on any atom is -0.481 e. The summed E-state index contributed by atoms with van der Waals surface area (Å²) in [4.78, 5) is 59.1. The zero-order chi connectivity index (χ0) is 23.6. The maximum absolute atomic E-state index is 12.6. The number of hydrogen-bond donors (Lipinski definition) is 6. The van der Waals surface area contributed by atoms with E-state index in [1.807, 2.05) is 13.8 Å². The number of aliphatic carboxylic acids is 2. The first-order valence-electron chi connectivity index (χ1n) is 9.91. The van der Waals surface area contributed by atoms with Gasteiger partial charge in [0, 0.05) is 0 Å². The van der Waals surface area contributed by atoms with Crippen LogP contribution in [-0.4, -0.2) is 64.0 Å². The second-order valence-corrected chi connectivity index (χ2v) is 7.84. The third-order valence-electron chi connectivity index (χ3n) is 4.60. The highest BCUT2D eigenvalue weighted by atomic mass is 16.4. The molecule has 172 valence electrons. The van der Waals surface area contributed by atoms with Crippen LogP contribution >= 0.6 is 0 Å². The van der Waals surface area contributed by atoms with Gasteiger partial charge in [0.25, 0.3) is 0 Å². The van der Waals surface area contributed by atoms with Crippen molar-refractivity contribution in [2.24, 2.45) is 17.6 Å². The van der Waals surface area contributed by atoms with Gasteiger partial charge in [0.2, 0.25) is 17.7 Å². The van der Waals surface area contributed by atoms with Crippen LogP contribution in [0.1, 0.15) is 53.9 Å². The molecule has 0 aromatic carbocycles. The minimum atomic E-state index is -1.32. The van der Waals surface area contributed by atoms with Crippen LogP contribution in [0.15, 0.2) is 0 Å². The zero-order valence-electron chi connectivity index (χ0n) is 18.1. The number of carboxylic acids is 2. The highest BCUT2D eigenvalue weighted by molar-refractivity contribution is 5.94. The number of hydrogen-bond acceptors (Lipinski definition) is 6. The lowest BCUT2D eigenvalue weighted by Crippen LogP contribution is -2.57. The zero-order valence-corrected chi connectivity index (χ0v) is 18.1. The molecule has 5 atom stereocenters. The van der Waals surface area contributed by atoms with Gasteiger partial charge in [-0.3, -0.25) is 19.2 Å². The molecule has 3 amide bonds. The summed E-state index contributed by atoms with van der Waals surface area (Å²) in [5.74, 6) is -4.85. The highest BCUT2D eigenvalue weighted by Crippen LogP contribution is 2.09. The first-order chi connectivity index (χ1) is 13.8. The van der Waals surface area contributed by atoms with Crippen LogP contribution in [0.3, 0.4) is 0 Å². The van der Waals surface area contributed by atoms with Gasteiger partial charge >= 0.3 is 11.9 Å². The van der Waals surface area contributed by atoms with E-state index in [1.165, 1.54) is 6.92 Å². The van der Waals surface area contributed by atoms with Gasteiger partial charge in [0.1, 0.15) is 18.1 Å². The summed E-state index contributed by atoms with van der Waals surface area (Å²) < 4.78 is 0. The molecule has 0 aliphatic rings. The number of carbonyl (C=O) groups excluding carboxylic acids is 3. The maximum Gasteiger partial charge on any atom is 0.326 e. The Kier molecular flexibility index (Phi) is 11.6. The van der Waals surface area contributed by atoms with Gasteiger partial charge in [-0.25, -0.2) is 4.79 Å². The molecule has 7 N–H and O–H groups in total. The standard InChI is InChI=1S/C19H34N4O7/c1-6-10(4)15(19(29)30)23-16(26)11(5)21-18(28)13(7-9(2)3)22-17(27)12(20)8-14(24)25/h9-13,15H,6-8,20H2,1-5H3,(H,21,28)(H,22,27)(H,23,26)(H,24,25)(H,29,30). The molecule has 5 unspecified atom stereocenters. The van der Waals surface area contributed by atoms with Crippen molar-refractivity contribution < 1.29 is 34.2 Å². The lowest BCUT2D eigenvalue weighted by atomic mass is 9.99. The Hall–Kier alpha value is -2.69. The van der Waals surface area contributed by atoms with Gasteiger partial charge in [-0.05, 0) is 25.2 Å². The van der Waals surface area contributed by atoms with Crippen molar-refractivity contribution >= 4 is 29.7 Å². The fourth-order valence-corrected chi connectivity index (χ4v) is 2.60. The Morgan fingerprint density at radius 3 is 1.87 bits per heavy atom. The van der Waals surface area contributed by atoms with Crippen molar-refractivity contribution in [1.29, 1.82) is 0 Å². The van der Waals surface area contributed by atoms with Crippen molar-refractivity contribution in [2.75, 3.05) is 0 Å². The molecule has 0 rings (SSSR count). The Labute approximate surface area is 176 Å². The van der Waals surface area contributed by atoms with Gasteiger partial charge < -0.3 is 31.9 Å². The summed E-state index contributed by atoms with van der Waals surface area (Å²) in [6.07, 6.45) is 0.181. The van der Waals surface area contributed by atoms with E-state index in [-0.39, 0.29) is 18.3 Å². The van der Waals surface area contributed by atoms with E-state index in [0.29, 0.717) is 6.42 Å². The average Bonchev–Trinajstić information content (AvgIpc) is 2.63. The lowest BCUT2D eigenvalue weighted by molar-refractivity contribution is -0.143. The van der Waals surface area contributed by atoms with Crippen LogP contribution in [0.4, 0.5) is 0 Å². The van der Waals surface area contributed by atoms with Crippen molar-refractivity contribution in [3.8, 4) is 0 Å². The normalized spacial score (nSPS) is 16.0. The summed E-state index contributed by atoms with van der Waals surface area (Å²) in [6, 6.07) is -4.50. The molecule has 30 heavy (non-hydrogen) atoms. The number of rotatable bonds is 13. The van der Waals surface area contributed by atoms with Gasteiger partial charge in [0.05, 0.1) is 12.5 Å². The molecule has 11 heteroatoms. The summed E-state index contributed by atoms with van der Waals surface area (Å²) in [5.41, 5.74) is 5.53. The Morgan fingerprint density at radius 1 is 0.867 bits per heavy atom. The molecule has 0 bridgehead atoms. The van der Waals surface area contributed by atoms with E-state index < -0.39 is 60.2 Å². The summed E-state index contributed by atoms with van der Waals surface area (Å²) in [5, 5.41) is 25.3. The Bertz CT molecular complexity index is 638. The van der Waals surface area contributed by atoms with E-state index in [9.17, 15) is 29.1 Å². The Balaban J connectivity index is 5.12. The molecule has 0 aliphatic heterocycles. The molecular formula is C19H34N4O7. The second-order valence-electron chi connectivity index (χ2n) is 7.84. The van der Waals surface area contributed by atoms with E-state index in [1.54, 1.807) is 13.8 Å². The highest BCUT2D eigenvalue weighted by Gasteiger charge is 2.30. The van der Waals surface area contributed by atoms with E-state index >= 15 is 0 Å². The van der Waals surface area contributed by atoms with E-state index in [0.717, 1.165) is 0 Å². The fraction of sp³-hybridized carbons (Fsp3) is 0.737. The molecule has 0 saturated carbocycles. The number of amides is 3. The van der Waals surface area contributed by atoms with E-state index in [2.05, 4.69) is 16.0 Å². The number of nitrogens with one attached hydrogen (secondary N) is 3. The van der Waals surface area contributed by atoms with Crippen LogP contribution in [0.5, 0.6) is 0 Å². The van der Waals surface area contributed by atoms with Gasteiger partial charge in [-0.1, -0.05) is 34.1 Å². The lowest BCUT2D eigenvalue weighted by Gasteiger charge is -2.25. The first kappa shape index (κ1) is 27.3. The predicted octanol–water partition coefficient (Wildman–Crippen LogP) is -0.560. The molecular weight excluding hydrogens is 396 g/mol. The molecule has 0 heterocycles. The van der Waals surface area contributed by atoms with Gasteiger partial charge in [0.15, 0.2) is 0 Å². The smallest absolute Gasteiger partial charge is 0.326 e. The third-order valence-corrected chi connectivity index (χ3v) is 4.60. The summed E-state index contributed by atoms with van der Waals surface area (Å²) in [6.45, 7) is 8.53. The predicted molar refractivity (Wildman–Crippen MR) is 108 cm³/mol. The number of carboxylic acid groups (broad SMARTS) is 2. The van der Waals surface area contributed by atoms with Crippen molar-refractivity contribution in [3.05, 3.63) is 0 Å². The largest absolute Gasteiger partial charge is 0.481 e. The average molecular weight is 431 g/mol. The quantitative estimate of drug-likeness (QED) is 0.224. The van der Waals surface area contributed by atoms with Crippen molar-refractivity contribution in [2.45, 2.75) is 78.0 Å². The van der Waals surface area contributed by atoms with Crippen LogP contribution in [0.2, 0.25) is 0 Å². The van der Waals surface area contributed by atoms with Crippen LogP contribution in [0, 0.1) is 11.8 Å². The number of carbonyl (C=O) groups is 5. The third kappa shape index (κ3) is 9.68. The van der Waals surface area contributed by atoms with Crippen LogP contribution in [-0.2, 0) is 24.0 Å². The van der Waals surface area contributed by atoms with Crippen molar-refractivity contribution in [1.82, 2.24) is 16.0 Å². The molecule has 0 fully saturated rings. The first-order valence-corrected chi connectivity index (χ1v) is 9.91. The molecule has 0 aromatic rings. The second kappa shape index (κ2) is 12.8. The molecule has 0 saturated heterocycles. The molecule has 0 aliphatic carbocycles. The van der Waals surface area contributed by atoms with E-state index in [4.69, 9.17) is 10.8 Å². The molecule has 11 nitrogen and oxygen atoms in total. The fourth-order valence-electron chi connectivity index (χ4n) is 2.60. The van der Waals surface area contributed by atoms with Gasteiger partial charge in [-0.15, -0.1) is 0 Å². The maximum atomic E-state index is 12.6. The molecule has 0 aromatic heterocycles. The molecule has 0 radical (unpaired) electrons. The summed E-state index contributed by atoms with van der Waals surface area (Å²) in [7, 11) is 0. The monoisotopic (exact) mass is 430 g/mol. The van der Waals surface area contributed by atoms with Crippen molar-refractivity contribution in [3.63, 3.8) is 0 Å². The summed E-state index contributed by atoms with van der Waals surface area (Å²) >= 11 is 0. The van der Waals surface area contributed by atoms with Crippen LogP contribution in [0.25, 0.3) is 0 Å². The minimum absolute atomic E-state index is 0.00248. The van der Waals surface area contributed by atoms with Gasteiger partial charge in [-0.2, -0.15) is 0 Å².